The van der Waals surface area contributed by atoms with Gasteiger partial charge in [-0.15, -0.1) is 0 Å². The highest BCUT2D eigenvalue weighted by Crippen LogP contribution is 2.23. The maximum Gasteiger partial charge on any atom is 0.321 e. The molecule has 1 aliphatic rings. The van der Waals surface area contributed by atoms with Crippen molar-refractivity contribution in [1.82, 2.24) is 14.5 Å². The second-order valence-electron chi connectivity index (χ2n) is 5.47. The van der Waals surface area contributed by atoms with Gasteiger partial charge in [-0.25, -0.2) is 4.98 Å². The topological polar surface area (TPSA) is 58.4 Å². The molecule has 5 nitrogen and oxygen atoms in total. The Kier molecular flexibility index (Phi) is 3.75. The third-order valence-electron chi connectivity index (χ3n) is 4.18. The Morgan fingerprint density at radius 1 is 1.33 bits per heavy atom. The van der Waals surface area contributed by atoms with Gasteiger partial charge in [0, 0.05) is 32.0 Å². The number of benzene rings is 1. The van der Waals surface area contributed by atoms with Gasteiger partial charge in [0.05, 0.1) is 0 Å². The molecule has 0 spiro atoms. The third-order valence-corrected chi connectivity index (χ3v) is 4.18. The Morgan fingerprint density at radius 3 is 2.76 bits per heavy atom. The van der Waals surface area contributed by atoms with E-state index in [1.807, 2.05) is 36.2 Å². The summed E-state index contributed by atoms with van der Waals surface area (Å²) in [5.74, 6) is 0.214. The SMILES string of the molecule is Cc1nccn1CCN1Cc2ccccc2CC1C(=O)O. The highest BCUT2D eigenvalue weighted by Gasteiger charge is 2.30. The minimum atomic E-state index is -0.744. The summed E-state index contributed by atoms with van der Waals surface area (Å²) in [4.78, 5) is 17.8. The lowest BCUT2D eigenvalue weighted by molar-refractivity contribution is -0.144. The number of rotatable bonds is 4. The van der Waals surface area contributed by atoms with Crippen LogP contribution in [0, 0.1) is 6.92 Å². The molecule has 2 heterocycles. The van der Waals surface area contributed by atoms with Crippen molar-refractivity contribution in [3.05, 3.63) is 53.6 Å². The van der Waals surface area contributed by atoms with E-state index in [2.05, 4.69) is 15.6 Å². The molecule has 21 heavy (non-hydrogen) atoms. The molecular formula is C16H19N3O2. The van der Waals surface area contributed by atoms with Gasteiger partial charge >= 0.3 is 5.97 Å². The van der Waals surface area contributed by atoms with E-state index in [-0.39, 0.29) is 0 Å². The van der Waals surface area contributed by atoms with E-state index in [0.717, 1.165) is 17.9 Å². The molecule has 1 atom stereocenters. The molecule has 0 saturated heterocycles. The first-order valence-electron chi connectivity index (χ1n) is 7.16. The van der Waals surface area contributed by atoms with Crippen LogP contribution in [-0.2, 0) is 24.3 Å². The molecule has 1 unspecified atom stereocenters. The molecule has 0 radical (unpaired) electrons. The molecule has 1 aromatic heterocycles. The standard InChI is InChI=1S/C16H19N3O2/c1-12-17-6-7-18(12)8-9-19-11-14-5-3-2-4-13(14)10-15(19)16(20)21/h2-7,15H,8-11H2,1H3,(H,20,21). The largest absolute Gasteiger partial charge is 0.480 e. The van der Waals surface area contributed by atoms with Crippen molar-refractivity contribution in [2.45, 2.75) is 32.5 Å². The van der Waals surface area contributed by atoms with Crippen molar-refractivity contribution in [3.63, 3.8) is 0 Å². The van der Waals surface area contributed by atoms with E-state index in [0.29, 0.717) is 19.5 Å². The number of hydrogen-bond donors (Lipinski definition) is 1. The van der Waals surface area contributed by atoms with Gasteiger partial charge in [0.25, 0.3) is 0 Å². The second kappa shape index (κ2) is 5.69. The molecule has 0 aliphatic carbocycles. The van der Waals surface area contributed by atoms with E-state index in [1.54, 1.807) is 6.20 Å². The normalized spacial score (nSPS) is 18.4. The molecular weight excluding hydrogens is 266 g/mol. The zero-order valence-corrected chi connectivity index (χ0v) is 12.1. The molecule has 110 valence electrons. The quantitative estimate of drug-likeness (QED) is 0.929. The Bertz CT molecular complexity index is 650. The zero-order chi connectivity index (χ0) is 14.8. The first-order chi connectivity index (χ1) is 10.1. The van der Waals surface area contributed by atoms with Gasteiger partial charge in [0.2, 0.25) is 0 Å². The Hall–Kier alpha value is -2.14. The molecule has 0 bridgehead atoms. The first kappa shape index (κ1) is 13.8. The van der Waals surface area contributed by atoms with E-state index in [4.69, 9.17) is 0 Å². The zero-order valence-electron chi connectivity index (χ0n) is 12.1. The van der Waals surface area contributed by atoms with Crippen LogP contribution < -0.4 is 0 Å². The summed E-state index contributed by atoms with van der Waals surface area (Å²) in [5, 5.41) is 9.49. The summed E-state index contributed by atoms with van der Waals surface area (Å²) in [6.45, 7) is 4.13. The predicted octanol–water partition coefficient (Wildman–Crippen LogP) is 1.70. The maximum atomic E-state index is 11.5. The average Bonchev–Trinajstić information content (AvgIpc) is 2.89. The lowest BCUT2D eigenvalue weighted by Gasteiger charge is -2.34. The number of hydrogen-bond acceptors (Lipinski definition) is 3. The number of imidazole rings is 1. The molecule has 5 heteroatoms. The van der Waals surface area contributed by atoms with Crippen LogP contribution in [0.2, 0.25) is 0 Å². The fourth-order valence-electron chi connectivity index (χ4n) is 2.93. The van der Waals surface area contributed by atoms with Crippen molar-refractivity contribution < 1.29 is 9.90 Å². The van der Waals surface area contributed by atoms with Gasteiger partial charge in [-0.1, -0.05) is 24.3 Å². The van der Waals surface area contributed by atoms with Crippen LogP contribution in [0.3, 0.4) is 0 Å². The van der Waals surface area contributed by atoms with Crippen LogP contribution >= 0.6 is 0 Å². The lowest BCUT2D eigenvalue weighted by Crippen LogP contribution is -2.46. The lowest BCUT2D eigenvalue weighted by atomic mass is 9.94. The van der Waals surface area contributed by atoms with Crippen molar-refractivity contribution in [2.24, 2.45) is 0 Å². The van der Waals surface area contributed by atoms with Crippen LogP contribution in [0.5, 0.6) is 0 Å². The van der Waals surface area contributed by atoms with Gasteiger partial charge in [-0.05, 0) is 24.5 Å². The van der Waals surface area contributed by atoms with Gasteiger partial charge in [0.1, 0.15) is 11.9 Å². The van der Waals surface area contributed by atoms with Gasteiger partial charge in [-0.2, -0.15) is 0 Å². The molecule has 3 rings (SSSR count). The molecule has 0 amide bonds. The summed E-state index contributed by atoms with van der Waals surface area (Å²) in [6.07, 6.45) is 4.28. The summed E-state index contributed by atoms with van der Waals surface area (Å²) >= 11 is 0. The summed E-state index contributed by atoms with van der Waals surface area (Å²) in [6, 6.07) is 7.66. The fraction of sp³-hybridized carbons (Fsp3) is 0.375. The van der Waals surface area contributed by atoms with Crippen molar-refractivity contribution in [1.29, 1.82) is 0 Å². The van der Waals surface area contributed by atoms with E-state index >= 15 is 0 Å². The molecule has 1 aliphatic heterocycles. The van der Waals surface area contributed by atoms with Crippen LogP contribution in [0.15, 0.2) is 36.7 Å². The molecule has 1 N–H and O–H groups in total. The van der Waals surface area contributed by atoms with Gasteiger partial charge in [0.15, 0.2) is 0 Å². The monoisotopic (exact) mass is 285 g/mol. The van der Waals surface area contributed by atoms with E-state index < -0.39 is 12.0 Å². The number of carboxylic acid groups (broad SMARTS) is 1. The second-order valence-corrected chi connectivity index (χ2v) is 5.47. The molecule has 0 fully saturated rings. The minimum absolute atomic E-state index is 0.441. The number of carbonyl (C=O) groups is 1. The molecule has 1 aromatic carbocycles. The average molecular weight is 285 g/mol. The van der Waals surface area contributed by atoms with Crippen molar-refractivity contribution in [3.8, 4) is 0 Å². The van der Waals surface area contributed by atoms with Gasteiger partial charge in [-0.3, -0.25) is 9.69 Å². The minimum Gasteiger partial charge on any atom is -0.480 e. The van der Waals surface area contributed by atoms with E-state index in [1.165, 1.54) is 5.56 Å². The number of carboxylic acids is 1. The Balaban J connectivity index is 1.76. The molecule has 0 saturated carbocycles. The van der Waals surface area contributed by atoms with Crippen molar-refractivity contribution in [2.75, 3.05) is 6.54 Å². The summed E-state index contributed by atoms with van der Waals surface area (Å²) < 4.78 is 2.05. The van der Waals surface area contributed by atoms with Crippen LogP contribution in [-0.4, -0.2) is 38.1 Å². The third kappa shape index (κ3) is 2.83. The number of aliphatic carboxylic acids is 1. The highest BCUT2D eigenvalue weighted by molar-refractivity contribution is 5.74. The molecule has 2 aromatic rings. The van der Waals surface area contributed by atoms with E-state index in [9.17, 15) is 9.90 Å². The first-order valence-corrected chi connectivity index (χ1v) is 7.16. The Labute approximate surface area is 123 Å². The number of aromatic nitrogens is 2. The highest BCUT2D eigenvalue weighted by atomic mass is 16.4. The predicted molar refractivity (Wildman–Crippen MR) is 78.9 cm³/mol. The van der Waals surface area contributed by atoms with Crippen LogP contribution in [0.25, 0.3) is 0 Å². The van der Waals surface area contributed by atoms with Crippen LogP contribution in [0.4, 0.5) is 0 Å². The number of nitrogens with zero attached hydrogens (tertiary/aromatic N) is 3. The van der Waals surface area contributed by atoms with Crippen molar-refractivity contribution >= 4 is 5.97 Å². The van der Waals surface area contributed by atoms with Gasteiger partial charge < -0.3 is 9.67 Å². The summed E-state index contributed by atoms with van der Waals surface area (Å²) in [5.41, 5.74) is 2.39. The fourth-order valence-corrected chi connectivity index (χ4v) is 2.93. The number of aryl methyl sites for hydroxylation is 1. The smallest absolute Gasteiger partial charge is 0.321 e. The Morgan fingerprint density at radius 2 is 2.10 bits per heavy atom. The van der Waals surface area contributed by atoms with Crippen LogP contribution in [0.1, 0.15) is 17.0 Å². The summed E-state index contributed by atoms with van der Waals surface area (Å²) in [7, 11) is 0. The maximum absolute atomic E-state index is 11.5. The number of fused-ring (bicyclic) bond motifs is 1.